The largest absolute Gasteiger partial charge is 0.493 e. The van der Waals surface area contributed by atoms with Crippen molar-refractivity contribution in [2.75, 3.05) is 20.3 Å². The van der Waals surface area contributed by atoms with Crippen LogP contribution in [0.25, 0.3) is 0 Å². The first kappa shape index (κ1) is 25.8. The number of ether oxygens (including phenoxy) is 3. The van der Waals surface area contributed by atoms with Gasteiger partial charge in [0.15, 0.2) is 23.9 Å². The zero-order chi connectivity index (χ0) is 25.4. The standard InChI is InChI=1S/C25H31N3O7/c1-3-34-21-12-10-18(14-20(21)28(31)32)25(30)27(19-7-5-4-6-8-19)15-17-9-11-22(23(13-17)33-2)35-16-24(26)29/h9-14,19H,3-8,15-16H2,1-2H3,(H2,26,29). The molecule has 0 aliphatic heterocycles. The van der Waals surface area contributed by atoms with Crippen LogP contribution in [0.3, 0.4) is 0 Å². The highest BCUT2D eigenvalue weighted by Crippen LogP contribution is 2.33. The van der Waals surface area contributed by atoms with Crippen molar-refractivity contribution in [3.05, 3.63) is 57.6 Å². The molecule has 0 unspecified atom stereocenters. The first-order valence-corrected chi connectivity index (χ1v) is 11.6. The molecule has 10 nitrogen and oxygen atoms in total. The Labute approximate surface area is 204 Å². The smallest absolute Gasteiger partial charge is 0.311 e. The minimum absolute atomic E-state index is 0.0126. The maximum atomic E-state index is 13.6. The molecule has 0 saturated heterocycles. The van der Waals surface area contributed by atoms with Gasteiger partial charge in [-0.15, -0.1) is 0 Å². The second kappa shape index (κ2) is 12.0. The fourth-order valence-electron chi connectivity index (χ4n) is 4.27. The summed E-state index contributed by atoms with van der Waals surface area (Å²) in [6, 6.07) is 9.55. The van der Waals surface area contributed by atoms with Gasteiger partial charge in [-0.05, 0) is 49.6 Å². The predicted octanol–water partition coefficient (Wildman–Crippen LogP) is 3.84. The van der Waals surface area contributed by atoms with Crippen molar-refractivity contribution in [2.45, 2.75) is 51.6 Å². The molecule has 2 amide bonds. The van der Waals surface area contributed by atoms with Gasteiger partial charge >= 0.3 is 5.69 Å². The van der Waals surface area contributed by atoms with E-state index in [1.54, 1.807) is 36.1 Å². The Morgan fingerprint density at radius 3 is 2.40 bits per heavy atom. The molecule has 35 heavy (non-hydrogen) atoms. The van der Waals surface area contributed by atoms with E-state index in [0.29, 0.717) is 11.5 Å². The number of carbonyl (C=O) groups excluding carboxylic acids is 2. The number of hydrogen-bond donors (Lipinski definition) is 1. The average Bonchev–Trinajstić information content (AvgIpc) is 2.86. The summed E-state index contributed by atoms with van der Waals surface area (Å²) in [4.78, 5) is 37.5. The molecule has 2 aromatic carbocycles. The lowest BCUT2D eigenvalue weighted by molar-refractivity contribution is -0.385. The Bertz CT molecular complexity index is 1070. The summed E-state index contributed by atoms with van der Waals surface area (Å²) in [5, 5.41) is 11.6. The molecule has 188 valence electrons. The molecule has 0 spiro atoms. The molecule has 0 aromatic heterocycles. The molecule has 2 N–H and O–H groups in total. The second-order valence-electron chi connectivity index (χ2n) is 8.34. The Kier molecular flexibility index (Phi) is 8.88. The van der Waals surface area contributed by atoms with E-state index in [1.807, 2.05) is 0 Å². The monoisotopic (exact) mass is 485 g/mol. The van der Waals surface area contributed by atoms with Crippen LogP contribution in [-0.2, 0) is 11.3 Å². The topological polar surface area (TPSA) is 134 Å². The van der Waals surface area contributed by atoms with Gasteiger partial charge in [0.1, 0.15) is 0 Å². The van der Waals surface area contributed by atoms with Gasteiger partial charge in [-0.3, -0.25) is 19.7 Å². The third-order valence-electron chi connectivity index (χ3n) is 5.93. The van der Waals surface area contributed by atoms with Crippen LogP contribution in [-0.4, -0.2) is 48.0 Å². The minimum atomic E-state index is -0.602. The van der Waals surface area contributed by atoms with Crippen LogP contribution < -0.4 is 19.9 Å². The number of carbonyl (C=O) groups is 2. The summed E-state index contributed by atoms with van der Waals surface area (Å²) in [7, 11) is 1.49. The lowest BCUT2D eigenvalue weighted by Crippen LogP contribution is -2.41. The molecular weight excluding hydrogens is 454 g/mol. The quantitative estimate of drug-likeness (QED) is 0.377. The van der Waals surface area contributed by atoms with Crippen LogP contribution in [0.5, 0.6) is 17.2 Å². The molecule has 2 aromatic rings. The Morgan fingerprint density at radius 1 is 1.06 bits per heavy atom. The fourth-order valence-corrected chi connectivity index (χ4v) is 4.27. The third-order valence-corrected chi connectivity index (χ3v) is 5.93. The molecule has 1 saturated carbocycles. The van der Waals surface area contributed by atoms with Crippen molar-refractivity contribution < 1.29 is 28.7 Å². The van der Waals surface area contributed by atoms with Gasteiger partial charge in [0, 0.05) is 24.2 Å². The molecule has 10 heteroatoms. The molecule has 1 fully saturated rings. The second-order valence-corrected chi connectivity index (χ2v) is 8.34. The van der Waals surface area contributed by atoms with Crippen LogP contribution in [0.4, 0.5) is 5.69 Å². The number of hydrogen-bond acceptors (Lipinski definition) is 7. The lowest BCUT2D eigenvalue weighted by atomic mass is 9.93. The van der Waals surface area contributed by atoms with Crippen molar-refractivity contribution in [1.29, 1.82) is 0 Å². The Hall–Kier alpha value is -3.82. The van der Waals surface area contributed by atoms with Gasteiger partial charge in [-0.25, -0.2) is 0 Å². The van der Waals surface area contributed by atoms with Gasteiger partial charge < -0.3 is 24.8 Å². The number of primary amides is 1. The van der Waals surface area contributed by atoms with Crippen LogP contribution in [0.2, 0.25) is 0 Å². The zero-order valence-corrected chi connectivity index (χ0v) is 20.0. The maximum absolute atomic E-state index is 13.6. The number of nitrogens with zero attached hydrogens (tertiary/aromatic N) is 2. The number of nitro benzene ring substituents is 1. The first-order valence-electron chi connectivity index (χ1n) is 11.6. The average molecular weight is 486 g/mol. The van der Waals surface area contributed by atoms with Gasteiger partial charge in [0.2, 0.25) is 0 Å². The van der Waals surface area contributed by atoms with E-state index in [9.17, 15) is 19.7 Å². The van der Waals surface area contributed by atoms with Crippen LogP contribution >= 0.6 is 0 Å². The molecule has 0 atom stereocenters. The molecule has 0 radical (unpaired) electrons. The third kappa shape index (κ3) is 6.62. The molecule has 0 heterocycles. The minimum Gasteiger partial charge on any atom is -0.493 e. The van der Waals surface area contributed by atoms with Crippen LogP contribution in [0.1, 0.15) is 54.9 Å². The van der Waals surface area contributed by atoms with Crippen molar-refractivity contribution in [1.82, 2.24) is 4.90 Å². The molecular formula is C25H31N3O7. The van der Waals surface area contributed by atoms with Gasteiger partial charge in [0.25, 0.3) is 11.8 Å². The maximum Gasteiger partial charge on any atom is 0.311 e. The summed E-state index contributed by atoms with van der Waals surface area (Å²) >= 11 is 0. The van der Waals surface area contributed by atoms with Crippen molar-refractivity contribution in [3.63, 3.8) is 0 Å². The van der Waals surface area contributed by atoms with E-state index in [0.717, 1.165) is 37.7 Å². The summed E-state index contributed by atoms with van der Waals surface area (Å²) in [5.41, 5.74) is 5.95. The van der Waals surface area contributed by atoms with Gasteiger partial charge in [-0.2, -0.15) is 0 Å². The van der Waals surface area contributed by atoms with E-state index in [2.05, 4.69) is 0 Å². The van der Waals surface area contributed by atoms with Crippen LogP contribution in [0, 0.1) is 10.1 Å². The highest BCUT2D eigenvalue weighted by atomic mass is 16.6. The molecule has 0 bridgehead atoms. The van der Waals surface area contributed by atoms with E-state index >= 15 is 0 Å². The van der Waals surface area contributed by atoms with Gasteiger partial charge in [-0.1, -0.05) is 25.3 Å². The van der Waals surface area contributed by atoms with Crippen molar-refractivity contribution >= 4 is 17.5 Å². The number of rotatable bonds is 11. The first-order chi connectivity index (χ1) is 16.8. The zero-order valence-electron chi connectivity index (χ0n) is 20.0. The Morgan fingerprint density at radius 2 is 1.77 bits per heavy atom. The number of benzene rings is 2. The molecule has 1 aliphatic rings. The predicted molar refractivity (Wildman–Crippen MR) is 129 cm³/mol. The fraction of sp³-hybridized carbons (Fsp3) is 0.440. The normalized spacial score (nSPS) is 13.7. The number of nitro groups is 1. The van der Waals surface area contributed by atoms with E-state index in [4.69, 9.17) is 19.9 Å². The van der Waals surface area contributed by atoms with E-state index in [-0.39, 0.29) is 48.7 Å². The van der Waals surface area contributed by atoms with Crippen LogP contribution in [0.15, 0.2) is 36.4 Å². The van der Waals surface area contributed by atoms with Crippen molar-refractivity contribution in [2.24, 2.45) is 5.73 Å². The highest BCUT2D eigenvalue weighted by molar-refractivity contribution is 5.95. The van der Waals surface area contributed by atoms with Gasteiger partial charge in [0.05, 0.1) is 18.6 Å². The highest BCUT2D eigenvalue weighted by Gasteiger charge is 2.28. The molecule has 1 aliphatic carbocycles. The van der Waals surface area contributed by atoms with Crippen molar-refractivity contribution in [3.8, 4) is 17.2 Å². The lowest BCUT2D eigenvalue weighted by Gasteiger charge is -2.34. The number of methoxy groups -OCH3 is 1. The Balaban J connectivity index is 1.91. The summed E-state index contributed by atoms with van der Waals surface area (Å²) in [6.07, 6.45) is 4.87. The molecule has 3 rings (SSSR count). The van der Waals surface area contributed by atoms with E-state index in [1.165, 1.54) is 19.2 Å². The summed E-state index contributed by atoms with van der Waals surface area (Å²) in [6.45, 7) is 2.03. The van der Waals surface area contributed by atoms with E-state index < -0.39 is 10.8 Å². The summed E-state index contributed by atoms with van der Waals surface area (Å²) in [5.74, 6) is 0.0319. The SMILES string of the molecule is CCOc1ccc(C(=O)N(Cc2ccc(OCC(N)=O)c(OC)c2)C2CCCCC2)cc1[N+](=O)[O-]. The number of amides is 2. The summed E-state index contributed by atoms with van der Waals surface area (Å²) < 4.78 is 16.1. The number of nitrogens with two attached hydrogens (primary N) is 1.